The van der Waals surface area contributed by atoms with Crippen LogP contribution in [-0.2, 0) is 0 Å². The Morgan fingerprint density at radius 3 is 2.53 bits per heavy atom. The first-order valence-corrected chi connectivity index (χ1v) is 7.54. The number of hydrogen-bond donors (Lipinski definition) is 1. The van der Waals surface area contributed by atoms with E-state index in [1.807, 2.05) is 0 Å². The molecule has 2 nitrogen and oxygen atoms in total. The molecule has 0 unspecified atom stereocenters. The summed E-state index contributed by atoms with van der Waals surface area (Å²) in [7, 11) is 0. The van der Waals surface area contributed by atoms with Crippen molar-refractivity contribution in [1.82, 2.24) is 10.2 Å². The molecule has 1 N–H and O–H groups in total. The molecule has 0 aromatic rings. The monoisotopic (exact) mass is 240 g/mol. The predicted octanol–water partition coefficient (Wildman–Crippen LogP) is 3.13. The summed E-state index contributed by atoms with van der Waals surface area (Å²) in [5.41, 5.74) is 0. The highest BCUT2D eigenvalue weighted by atomic mass is 15.2. The van der Waals surface area contributed by atoms with Crippen molar-refractivity contribution in [2.75, 3.05) is 26.2 Å². The molecule has 1 rings (SSSR count). The highest BCUT2D eigenvalue weighted by molar-refractivity contribution is 4.78. The molecule has 17 heavy (non-hydrogen) atoms. The molecule has 0 aromatic heterocycles. The molecule has 1 fully saturated rings. The Labute approximate surface area is 108 Å². The zero-order chi connectivity index (χ0) is 12.7. The maximum absolute atomic E-state index is 3.58. The van der Waals surface area contributed by atoms with E-state index in [1.54, 1.807) is 0 Å². The smallest absolute Gasteiger partial charge is 0.0107 e. The summed E-state index contributed by atoms with van der Waals surface area (Å²) in [5, 5.41) is 3.58. The fourth-order valence-electron chi connectivity index (χ4n) is 2.76. The topological polar surface area (TPSA) is 15.3 Å². The number of likely N-dealkylation sites (tertiary alicyclic amines) is 1. The number of nitrogens with zero attached hydrogens (tertiary/aromatic N) is 1. The first kappa shape index (κ1) is 15.0. The molecule has 0 aromatic carbocycles. The van der Waals surface area contributed by atoms with Gasteiger partial charge in [0.1, 0.15) is 0 Å². The Bertz CT molecular complexity index is 189. The Balaban J connectivity index is 2.22. The van der Waals surface area contributed by atoms with Crippen LogP contribution >= 0.6 is 0 Å². The molecule has 2 heteroatoms. The number of nitrogens with one attached hydrogen (secondary N) is 1. The molecular formula is C15H32N2. The van der Waals surface area contributed by atoms with E-state index in [4.69, 9.17) is 0 Å². The third kappa shape index (κ3) is 6.42. The van der Waals surface area contributed by atoms with Crippen LogP contribution in [-0.4, -0.2) is 37.1 Å². The number of rotatable bonds is 7. The minimum absolute atomic E-state index is 0.771. The molecule has 0 saturated carbocycles. The van der Waals surface area contributed by atoms with E-state index in [0.29, 0.717) is 0 Å². The molecule has 0 bridgehead atoms. The van der Waals surface area contributed by atoms with Crippen LogP contribution in [0, 0.1) is 11.8 Å². The van der Waals surface area contributed by atoms with Crippen LogP contribution in [0.1, 0.15) is 53.4 Å². The minimum atomic E-state index is 0.771. The van der Waals surface area contributed by atoms with Crippen LogP contribution in [0.4, 0.5) is 0 Å². The number of hydrogen-bond acceptors (Lipinski definition) is 2. The van der Waals surface area contributed by atoms with Gasteiger partial charge in [-0.1, -0.05) is 34.1 Å². The SMILES string of the molecule is CC(C)CNCC[C@H]1CCCCN1CC(C)C. The van der Waals surface area contributed by atoms with Crippen molar-refractivity contribution in [3.63, 3.8) is 0 Å². The molecule has 0 amide bonds. The second-order valence-electron chi connectivity index (χ2n) is 6.43. The van der Waals surface area contributed by atoms with Gasteiger partial charge in [0.05, 0.1) is 0 Å². The summed E-state index contributed by atoms with van der Waals surface area (Å²) >= 11 is 0. The van der Waals surface area contributed by atoms with Crippen molar-refractivity contribution in [2.45, 2.75) is 59.4 Å². The van der Waals surface area contributed by atoms with Gasteiger partial charge in [-0.25, -0.2) is 0 Å². The first-order valence-electron chi connectivity index (χ1n) is 7.54. The Morgan fingerprint density at radius 1 is 1.12 bits per heavy atom. The van der Waals surface area contributed by atoms with Crippen LogP contribution in [0.3, 0.4) is 0 Å². The summed E-state index contributed by atoms with van der Waals surface area (Å²) in [6.45, 7) is 14.2. The second-order valence-corrected chi connectivity index (χ2v) is 6.43. The molecule has 1 saturated heterocycles. The van der Waals surface area contributed by atoms with Gasteiger partial charge < -0.3 is 10.2 Å². The van der Waals surface area contributed by atoms with Gasteiger partial charge in [-0.05, 0) is 50.7 Å². The molecule has 0 radical (unpaired) electrons. The lowest BCUT2D eigenvalue weighted by atomic mass is 9.98. The lowest BCUT2D eigenvalue weighted by Crippen LogP contribution is -2.43. The normalized spacial score (nSPS) is 22.6. The quantitative estimate of drug-likeness (QED) is 0.688. The third-order valence-electron chi connectivity index (χ3n) is 3.56. The van der Waals surface area contributed by atoms with Crippen molar-refractivity contribution in [3.05, 3.63) is 0 Å². The summed E-state index contributed by atoms with van der Waals surface area (Å²) in [5.74, 6) is 1.58. The van der Waals surface area contributed by atoms with E-state index < -0.39 is 0 Å². The first-order chi connectivity index (χ1) is 8.09. The van der Waals surface area contributed by atoms with Gasteiger partial charge >= 0.3 is 0 Å². The average molecular weight is 240 g/mol. The summed E-state index contributed by atoms with van der Waals surface area (Å²) < 4.78 is 0. The molecule has 0 spiro atoms. The van der Waals surface area contributed by atoms with Crippen LogP contribution in [0.15, 0.2) is 0 Å². The highest BCUT2D eigenvalue weighted by Crippen LogP contribution is 2.20. The van der Waals surface area contributed by atoms with Crippen molar-refractivity contribution in [3.8, 4) is 0 Å². The summed E-state index contributed by atoms with van der Waals surface area (Å²) in [6, 6.07) is 0.839. The molecule has 1 atom stereocenters. The van der Waals surface area contributed by atoms with Gasteiger partial charge in [-0.2, -0.15) is 0 Å². The van der Waals surface area contributed by atoms with E-state index in [2.05, 4.69) is 37.9 Å². The van der Waals surface area contributed by atoms with Crippen LogP contribution in [0.2, 0.25) is 0 Å². The lowest BCUT2D eigenvalue weighted by Gasteiger charge is -2.37. The highest BCUT2D eigenvalue weighted by Gasteiger charge is 2.22. The largest absolute Gasteiger partial charge is 0.316 e. The van der Waals surface area contributed by atoms with Crippen molar-refractivity contribution >= 4 is 0 Å². The molecule has 1 heterocycles. The predicted molar refractivity (Wildman–Crippen MR) is 76.4 cm³/mol. The molecule has 0 aliphatic carbocycles. The van der Waals surface area contributed by atoms with E-state index in [0.717, 1.165) is 24.4 Å². The van der Waals surface area contributed by atoms with Crippen molar-refractivity contribution in [1.29, 1.82) is 0 Å². The standard InChI is InChI=1S/C15H32N2/c1-13(2)11-16-9-8-15-7-5-6-10-17(15)12-14(3)4/h13-16H,5-12H2,1-4H3/t15-/m1/s1. The number of piperidine rings is 1. The van der Waals surface area contributed by atoms with E-state index in [-0.39, 0.29) is 0 Å². The van der Waals surface area contributed by atoms with Crippen LogP contribution < -0.4 is 5.32 Å². The van der Waals surface area contributed by atoms with E-state index >= 15 is 0 Å². The lowest BCUT2D eigenvalue weighted by molar-refractivity contribution is 0.124. The van der Waals surface area contributed by atoms with Gasteiger partial charge in [0.2, 0.25) is 0 Å². The van der Waals surface area contributed by atoms with Gasteiger partial charge in [-0.15, -0.1) is 0 Å². The zero-order valence-electron chi connectivity index (χ0n) is 12.3. The average Bonchev–Trinajstić information content (AvgIpc) is 2.25. The Morgan fingerprint density at radius 2 is 1.88 bits per heavy atom. The van der Waals surface area contributed by atoms with Crippen molar-refractivity contribution < 1.29 is 0 Å². The second kappa shape index (κ2) is 8.10. The zero-order valence-corrected chi connectivity index (χ0v) is 12.3. The molecule has 1 aliphatic heterocycles. The Kier molecular flexibility index (Phi) is 7.14. The van der Waals surface area contributed by atoms with E-state index in [1.165, 1.54) is 45.3 Å². The molecular weight excluding hydrogens is 208 g/mol. The van der Waals surface area contributed by atoms with Gasteiger partial charge in [0.15, 0.2) is 0 Å². The van der Waals surface area contributed by atoms with Crippen LogP contribution in [0.25, 0.3) is 0 Å². The Hall–Kier alpha value is -0.0800. The summed E-state index contributed by atoms with van der Waals surface area (Å²) in [4.78, 5) is 2.73. The third-order valence-corrected chi connectivity index (χ3v) is 3.56. The minimum Gasteiger partial charge on any atom is -0.316 e. The molecule has 1 aliphatic rings. The maximum atomic E-state index is 3.58. The summed E-state index contributed by atoms with van der Waals surface area (Å²) in [6.07, 6.45) is 5.58. The van der Waals surface area contributed by atoms with Gasteiger partial charge in [0.25, 0.3) is 0 Å². The van der Waals surface area contributed by atoms with E-state index in [9.17, 15) is 0 Å². The van der Waals surface area contributed by atoms with Gasteiger partial charge in [0, 0.05) is 12.6 Å². The fourth-order valence-corrected chi connectivity index (χ4v) is 2.76. The van der Waals surface area contributed by atoms with Gasteiger partial charge in [-0.3, -0.25) is 0 Å². The maximum Gasteiger partial charge on any atom is 0.0107 e. The molecule has 102 valence electrons. The fraction of sp³-hybridized carbons (Fsp3) is 1.00. The van der Waals surface area contributed by atoms with Crippen LogP contribution in [0.5, 0.6) is 0 Å². The van der Waals surface area contributed by atoms with Crippen molar-refractivity contribution in [2.24, 2.45) is 11.8 Å².